The average Bonchev–Trinajstić information content (AvgIpc) is 2.43. The molecule has 5 atom stereocenters. The second kappa shape index (κ2) is 6.37. The molecule has 1 saturated carbocycles. The lowest BCUT2D eigenvalue weighted by Gasteiger charge is -2.49. The van der Waals surface area contributed by atoms with Gasteiger partial charge in [0.2, 0.25) is 11.8 Å². The van der Waals surface area contributed by atoms with E-state index in [1.165, 1.54) is 6.42 Å². The number of piperazine rings is 1. The standard InChI is InChI=1S/C17H30N2O2/c1-6-13-17(21)19(15(10(2)3)16(20)18-13)14-9-7-8-11(4)12(14)5/h10-15H,6-9H2,1-5H3,(H,18,20). The van der Waals surface area contributed by atoms with Crippen molar-refractivity contribution in [1.82, 2.24) is 10.2 Å². The molecule has 1 aliphatic carbocycles. The fourth-order valence-corrected chi connectivity index (χ4v) is 3.98. The van der Waals surface area contributed by atoms with Gasteiger partial charge in [-0.15, -0.1) is 0 Å². The van der Waals surface area contributed by atoms with Crippen LogP contribution < -0.4 is 5.32 Å². The molecule has 0 aromatic rings. The fourth-order valence-electron chi connectivity index (χ4n) is 3.98. The number of hydrogen-bond acceptors (Lipinski definition) is 2. The molecule has 1 saturated heterocycles. The Kier molecular flexibility index (Phi) is 4.95. The largest absolute Gasteiger partial charge is 0.343 e. The number of nitrogens with one attached hydrogen (secondary N) is 1. The average molecular weight is 294 g/mol. The highest BCUT2D eigenvalue weighted by molar-refractivity contribution is 5.97. The van der Waals surface area contributed by atoms with Crippen LogP contribution in [0.4, 0.5) is 0 Å². The van der Waals surface area contributed by atoms with Gasteiger partial charge in [0, 0.05) is 6.04 Å². The minimum atomic E-state index is -0.336. The van der Waals surface area contributed by atoms with Gasteiger partial charge in [0.25, 0.3) is 0 Å². The molecule has 4 heteroatoms. The van der Waals surface area contributed by atoms with E-state index in [4.69, 9.17) is 0 Å². The molecule has 1 N–H and O–H groups in total. The molecule has 0 aromatic carbocycles. The number of hydrogen-bond donors (Lipinski definition) is 1. The minimum absolute atomic E-state index is 0.0295. The van der Waals surface area contributed by atoms with E-state index in [-0.39, 0.29) is 35.9 Å². The van der Waals surface area contributed by atoms with Crippen molar-refractivity contribution in [2.75, 3.05) is 0 Å². The first kappa shape index (κ1) is 16.3. The van der Waals surface area contributed by atoms with Crippen LogP contribution in [0.25, 0.3) is 0 Å². The summed E-state index contributed by atoms with van der Waals surface area (Å²) in [5.41, 5.74) is 0. The smallest absolute Gasteiger partial charge is 0.246 e. The summed E-state index contributed by atoms with van der Waals surface area (Å²) in [6, 6.07) is -0.427. The van der Waals surface area contributed by atoms with Crippen LogP contribution in [0.1, 0.15) is 60.3 Å². The van der Waals surface area contributed by atoms with Crippen molar-refractivity contribution in [3.05, 3.63) is 0 Å². The van der Waals surface area contributed by atoms with Crippen LogP contribution in [0.2, 0.25) is 0 Å². The summed E-state index contributed by atoms with van der Waals surface area (Å²) in [7, 11) is 0. The van der Waals surface area contributed by atoms with Gasteiger partial charge in [0.05, 0.1) is 0 Å². The van der Waals surface area contributed by atoms with E-state index < -0.39 is 0 Å². The van der Waals surface area contributed by atoms with Gasteiger partial charge < -0.3 is 10.2 Å². The summed E-state index contributed by atoms with van der Waals surface area (Å²) in [6.07, 6.45) is 4.09. The van der Waals surface area contributed by atoms with Crippen molar-refractivity contribution >= 4 is 11.8 Å². The lowest BCUT2D eigenvalue weighted by molar-refractivity contribution is -0.157. The van der Waals surface area contributed by atoms with Crippen LogP contribution in [0.15, 0.2) is 0 Å². The first-order valence-corrected chi connectivity index (χ1v) is 8.51. The van der Waals surface area contributed by atoms with Crippen molar-refractivity contribution < 1.29 is 9.59 Å². The summed E-state index contributed by atoms with van der Waals surface area (Å²) in [5.74, 6) is 1.39. The van der Waals surface area contributed by atoms with Crippen LogP contribution in [-0.2, 0) is 9.59 Å². The Bertz CT molecular complexity index is 408. The zero-order valence-electron chi connectivity index (χ0n) is 14.1. The third kappa shape index (κ3) is 2.95. The van der Waals surface area contributed by atoms with Crippen molar-refractivity contribution in [3.63, 3.8) is 0 Å². The second-order valence-electron chi connectivity index (χ2n) is 7.24. The highest BCUT2D eigenvalue weighted by atomic mass is 16.2. The molecule has 5 unspecified atom stereocenters. The number of nitrogens with zero attached hydrogens (tertiary/aromatic N) is 1. The summed E-state index contributed by atoms with van der Waals surface area (Å²) in [4.78, 5) is 27.3. The Morgan fingerprint density at radius 3 is 2.48 bits per heavy atom. The van der Waals surface area contributed by atoms with E-state index in [2.05, 4.69) is 19.2 Å². The molecule has 2 fully saturated rings. The topological polar surface area (TPSA) is 49.4 Å². The van der Waals surface area contributed by atoms with Gasteiger partial charge in [0.1, 0.15) is 12.1 Å². The summed E-state index contributed by atoms with van der Waals surface area (Å²) in [6.45, 7) is 10.5. The maximum Gasteiger partial charge on any atom is 0.246 e. The van der Waals surface area contributed by atoms with Gasteiger partial charge in [-0.05, 0) is 30.6 Å². The highest BCUT2D eigenvalue weighted by Crippen LogP contribution is 2.36. The van der Waals surface area contributed by atoms with E-state index >= 15 is 0 Å². The van der Waals surface area contributed by atoms with Crippen molar-refractivity contribution in [3.8, 4) is 0 Å². The Balaban J connectivity index is 2.33. The molecule has 21 heavy (non-hydrogen) atoms. The highest BCUT2D eigenvalue weighted by Gasteiger charge is 2.46. The molecule has 120 valence electrons. The lowest BCUT2D eigenvalue weighted by Crippen LogP contribution is -2.68. The van der Waals surface area contributed by atoms with Crippen LogP contribution >= 0.6 is 0 Å². The molecule has 1 heterocycles. The molecule has 0 aromatic heterocycles. The van der Waals surface area contributed by atoms with E-state index in [0.29, 0.717) is 18.3 Å². The third-order valence-corrected chi connectivity index (χ3v) is 5.50. The van der Waals surface area contributed by atoms with Gasteiger partial charge >= 0.3 is 0 Å². The van der Waals surface area contributed by atoms with E-state index in [1.807, 2.05) is 25.7 Å². The Morgan fingerprint density at radius 1 is 1.24 bits per heavy atom. The minimum Gasteiger partial charge on any atom is -0.343 e. The van der Waals surface area contributed by atoms with Crippen LogP contribution in [-0.4, -0.2) is 34.8 Å². The van der Waals surface area contributed by atoms with Gasteiger partial charge in [-0.2, -0.15) is 0 Å². The number of carbonyl (C=O) groups is 2. The van der Waals surface area contributed by atoms with E-state index in [1.54, 1.807) is 0 Å². The molecule has 0 radical (unpaired) electrons. The van der Waals surface area contributed by atoms with Crippen molar-refractivity contribution in [2.24, 2.45) is 17.8 Å². The first-order chi connectivity index (χ1) is 9.88. The monoisotopic (exact) mass is 294 g/mol. The summed E-state index contributed by atoms with van der Waals surface area (Å²) < 4.78 is 0. The number of rotatable bonds is 3. The molecule has 2 aliphatic rings. The SMILES string of the molecule is CCC1NC(=O)C(C(C)C)N(C2CCCC(C)C2C)C1=O. The molecule has 2 rings (SSSR count). The zero-order chi connectivity index (χ0) is 15.7. The molecule has 0 spiro atoms. The first-order valence-electron chi connectivity index (χ1n) is 8.51. The Labute approximate surface area is 128 Å². The quantitative estimate of drug-likeness (QED) is 0.869. The molecule has 0 bridgehead atoms. The number of carbonyl (C=O) groups excluding carboxylic acids is 2. The molecule has 4 nitrogen and oxygen atoms in total. The van der Waals surface area contributed by atoms with Crippen LogP contribution in [0.5, 0.6) is 0 Å². The van der Waals surface area contributed by atoms with Crippen molar-refractivity contribution in [2.45, 2.75) is 78.4 Å². The lowest BCUT2D eigenvalue weighted by atomic mass is 9.76. The van der Waals surface area contributed by atoms with Crippen LogP contribution in [0, 0.1) is 17.8 Å². The number of amides is 2. The van der Waals surface area contributed by atoms with Crippen molar-refractivity contribution in [1.29, 1.82) is 0 Å². The van der Waals surface area contributed by atoms with Gasteiger partial charge in [-0.1, -0.05) is 47.5 Å². The summed E-state index contributed by atoms with van der Waals surface area (Å²) in [5, 5.41) is 2.91. The maximum absolute atomic E-state index is 12.9. The van der Waals surface area contributed by atoms with Crippen LogP contribution in [0.3, 0.4) is 0 Å². The second-order valence-corrected chi connectivity index (χ2v) is 7.24. The zero-order valence-corrected chi connectivity index (χ0v) is 14.1. The molecular weight excluding hydrogens is 264 g/mol. The van der Waals surface area contributed by atoms with Gasteiger partial charge in [-0.25, -0.2) is 0 Å². The summed E-state index contributed by atoms with van der Waals surface area (Å²) >= 11 is 0. The predicted octanol–water partition coefficient (Wildman–Crippen LogP) is 2.57. The van der Waals surface area contributed by atoms with E-state index in [0.717, 1.165) is 12.8 Å². The molecule has 1 aliphatic heterocycles. The van der Waals surface area contributed by atoms with Gasteiger partial charge in [-0.3, -0.25) is 9.59 Å². The Hall–Kier alpha value is -1.06. The third-order valence-electron chi connectivity index (χ3n) is 5.50. The van der Waals surface area contributed by atoms with Gasteiger partial charge in [0.15, 0.2) is 0 Å². The van der Waals surface area contributed by atoms with E-state index in [9.17, 15) is 9.59 Å². The normalized spacial score (nSPS) is 37.8. The molecule has 2 amide bonds. The fraction of sp³-hybridized carbons (Fsp3) is 0.882. The maximum atomic E-state index is 12.9. The Morgan fingerprint density at radius 2 is 1.90 bits per heavy atom. The predicted molar refractivity (Wildman–Crippen MR) is 83.7 cm³/mol. The molecular formula is C17H30N2O2.